The molecular weight excluding hydrogens is 206 g/mol. The van der Waals surface area contributed by atoms with Crippen molar-refractivity contribution in [2.24, 2.45) is 0 Å². The standard InChI is InChI=1S/C12H7BFO2/c14-9-6-5-8-7-3-1-2-4-10(7)16-12(8)11(9)13-15/h1-6,15H. The van der Waals surface area contributed by atoms with E-state index in [0.717, 1.165) is 18.3 Å². The fraction of sp³-hybridized carbons (Fsp3) is 0. The molecule has 0 saturated carbocycles. The van der Waals surface area contributed by atoms with Crippen molar-refractivity contribution in [2.75, 3.05) is 0 Å². The molecule has 0 aliphatic heterocycles. The fourth-order valence-corrected chi connectivity index (χ4v) is 1.91. The number of halogens is 1. The van der Waals surface area contributed by atoms with Crippen molar-refractivity contribution in [3.05, 3.63) is 42.2 Å². The van der Waals surface area contributed by atoms with E-state index in [1.807, 2.05) is 24.3 Å². The van der Waals surface area contributed by atoms with Crippen LogP contribution in [0.25, 0.3) is 21.9 Å². The maximum Gasteiger partial charge on any atom is 0.334 e. The van der Waals surface area contributed by atoms with Crippen molar-refractivity contribution < 1.29 is 13.8 Å². The molecule has 1 N–H and O–H groups in total. The summed E-state index contributed by atoms with van der Waals surface area (Å²) in [6, 6.07) is 10.4. The van der Waals surface area contributed by atoms with Crippen LogP contribution in [0.2, 0.25) is 0 Å². The molecule has 77 valence electrons. The normalized spacial score (nSPS) is 11.1. The van der Waals surface area contributed by atoms with Crippen LogP contribution in [0.3, 0.4) is 0 Å². The molecule has 3 aromatic rings. The van der Waals surface area contributed by atoms with Gasteiger partial charge in [-0.15, -0.1) is 0 Å². The first-order chi connectivity index (χ1) is 7.81. The van der Waals surface area contributed by atoms with Crippen LogP contribution in [-0.4, -0.2) is 12.5 Å². The van der Waals surface area contributed by atoms with Gasteiger partial charge in [0.2, 0.25) is 0 Å². The molecule has 0 bridgehead atoms. The molecule has 3 rings (SSSR count). The van der Waals surface area contributed by atoms with Gasteiger partial charge in [-0.3, -0.25) is 0 Å². The number of hydrogen-bond acceptors (Lipinski definition) is 2. The summed E-state index contributed by atoms with van der Waals surface area (Å²) in [5, 5.41) is 10.7. The lowest BCUT2D eigenvalue weighted by atomic mass is 9.86. The SMILES string of the molecule is O[B]c1c(F)ccc2c1oc1ccccc12. The van der Waals surface area contributed by atoms with E-state index in [4.69, 9.17) is 9.44 Å². The summed E-state index contributed by atoms with van der Waals surface area (Å²) < 4.78 is 18.9. The quantitative estimate of drug-likeness (QED) is 0.626. The highest BCUT2D eigenvalue weighted by molar-refractivity contribution is 6.50. The summed E-state index contributed by atoms with van der Waals surface area (Å²) >= 11 is 0. The zero-order valence-electron chi connectivity index (χ0n) is 8.27. The lowest BCUT2D eigenvalue weighted by Crippen LogP contribution is -2.18. The molecule has 0 amide bonds. The van der Waals surface area contributed by atoms with Crippen LogP contribution in [0.1, 0.15) is 0 Å². The molecule has 0 aliphatic carbocycles. The van der Waals surface area contributed by atoms with Crippen molar-refractivity contribution in [2.45, 2.75) is 0 Å². The van der Waals surface area contributed by atoms with Crippen LogP contribution < -0.4 is 5.46 Å². The van der Waals surface area contributed by atoms with E-state index in [0.29, 0.717) is 11.2 Å². The van der Waals surface area contributed by atoms with Gasteiger partial charge in [0.1, 0.15) is 17.0 Å². The molecular formula is C12H7BFO2. The van der Waals surface area contributed by atoms with Crippen molar-refractivity contribution in [1.29, 1.82) is 0 Å². The highest BCUT2D eigenvalue weighted by atomic mass is 19.1. The maximum absolute atomic E-state index is 13.4. The van der Waals surface area contributed by atoms with E-state index in [9.17, 15) is 4.39 Å². The van der Waals surface area contributed by atoms with Gasteiger partial charge in [-0.05, 0) is 18.2 Å². The Bertz CT molecular complexity index is 675. The summed E-state index contributed by atoms with van der Waals surface area (Å²) in [6.07, 6.45) is 0. The molecule has 0 atom stereocenters. The van der Waals surface area contributed by atoms with E-state index in [-0.39, 0.29) is 5.46 Å². The molecule has 0 aliphatic rings. The van der Waals surface area contributed by atoms with Crippen LogP contribution in [0.5, 0.6) is 0 Å². The minimum Gasteiger partial charge on any atom is -0.456 e. The number of rotatable bonds is 1. The molecule has 0 fully saturated rings. The number of benzene rings is 2. The Hall–Kier alpha value is -1.81. The summed E-state index contributed by atoms with van der Waals surface area (Å²) in [4.78, 5) is 0. The van der Waals surface area contributed by atoms with Gasteiger partial charge >= 0.3 is 7.48 Å². The molecule has 2 nitrogen and oxygen atoms in total. The van der Waals surface area contributed by atoms with Crippen LogP contribution >= 0.6 is 0 Å². The molecule has 1 radical (unpaired) electrons. The van der Waals surface area contributed by atoms with Gasteiger partial charge in [-0.1, -0.05) is 18.2 Å². The summed E-state index contributed by atoms with van der Waals surface area (Å²) in [5.41, 5.74) is 1.16. The number of para-hydroxylation sites is 1. The third-order valence-electron chi connectivity index (χ3n) is 2.66. The van der Waals surface area contributed by atoms with E-state index >= 15 is 0 Å². The Kier molecular flexibility index (Phi) is 1.97. The van der Waals surface area contributed by atoms with Crippen LogP contribution in [0, 0.1) is 5.82 Å². The van der Waals surface area contributed by atoms with Gasteiger partial charge in [0.15, 0.2) is 0 Å². The second-order valence-corrected chi connectivity index (χ2v) is 3.57. The first-order valence-electron chi connectivity index (χ1n) is 4.88. The van der Waals surface area contributed by atoms with Crippen LogP contribution in [0.15, 0.2) is 40.8 Å². The zero-order valence-corrected chi connectivity index (χ0v) is 8.27. The van der Waals surface area contributed by atoms with Crippen molar-refractivity contribution in [3.63, 3.8) is 0 Å². The summed E-state index contributed by atoms with van der Waals surface area (Å²) in [7, 11) is 0.736. The van der Waals surface area contributed by atoms with Gasteiger partial charge in [0.05, 0.1) is 0 Å². The predicted octanol–water partition coefficient (Wildman–Crippen LogP) is 1.96. The molecule has 4 heteroatoms. The molecule has 1 heterocycles. The van der Waals surface area contributed by atoms with Crippen LogP contribution in [-0.2, 0) is 0 Å². The number of furan rings is 1. The predicted molar refractivity (Wildman–Crippen MR) is 61.3 cm³/mol. The van der Waals surface area contributed by atoms with E-state index in [1.165, 1.54) is 6.07 Å². The Morgan fingerprint density at radius 2 is 1.88 bits per heavy atom. The third-order valence-corrected chi connectivity index (χ3v) is 2.66. The Labute approximate surface area is 91.6 Å². The lowest BCUT2D eigenvalue weighted by Gasteiger charge is -1.97. The highest BCUT2D eigenvalue weighted by Gasteiger charge is 2.14. The molecule has 0 saturated heterocycles. The summed E-state index contributed by atoms with van der Waals surface area (Å²) in [6.45, 7) is 0. The van der Waals surface area contributed by atoms with Gasteiger partial charge < -0.3 is 9.44 Å². The fourth-order valence-electron chi connectivity index (χ4n) is 1.91. The average Bonchev–Trinajstić information content (AvgIpc) is 2.67. The zero-order chi connectivity index (χ0) is 11.1. The van der Waals surface area contributed by atoms with Crippen molar-refractivity contribution >= 4 is 34.9 Å². The van der Waals surface area contributed by atoms with Crippen molar-refractivity contribution in [3.8, 4) is 0 Å². The van der Waals surface area contributed by atoms with Gasteiger partial charge in [0, 0.05) is 16.2 Å². The van der Waals surface area contributed by atoms with E-state index < -0.39 is 5.82 Å². The molecule has 0 unspecified atom stereocenters. The number of fused-ring (bicyclic) bond motifs is 3. The maximum atomic E-state index is 13.4. The Morgan fingerprint density at radius 3 is 2.69 bits per heavy atom. The second-order valence-electron chi connectivity index (χ2n) is 3.57. The topological polar surface area (TPSA) is 33.4 Å². The van der Waals surface area contributed by atoms with E-state index in [1.54, 1.807) is 6.07 Å². The Balaban J connectivity index is 2.54. The molecule has 16 heavy (non-hydrogen) atoms. The molecule has 0 spiro atoms. The average molecular weight is 213 g/mol. The monoisotopic (exact) mass is 213 g/mol. The third kappa shape index (κ3) is 1.17. The lowest BCUT2D eigenvalue weighted by molar-refractivity contribution is 0.598. The minimum absolute atomic E-state index is 0.0914. The largest absolute Gasteiger partial charge is 0.456 e. The second kappa shape index (κ2) is 3.35. The summed E-state index contributed by atoms with van der Waals surface area (Å²) in [5.74, 6) is -0.492. The van der Waals surface area contributed by atoms with Gasteiger partial charge in [-0.25, -0.2) is 4.39 Å². The van der Waals surface area contributed by atoms with Gasteiger partial charge in [0.25, 0.3) is 0 Å². The highest BCUT2D eigenvalue weighted by Crippen LogP contribution is 2.27. The molecule has 1 aromatic heterocycles. The first kappa shape index (κ1) is 9.42. The minimum atomic E-state index is -0.492. The van der Waals surface area contributed by atoms with Gasteiger partial charge in [-0.2, -0.15) is 0 Å². The van der Waals surface area contributed by atoms with Crippen molar-refractivity contribution in [1.82, 2.24) is 0 Å². The first-order valence-corrected chi connectivity index (χ1v) is 4.88. The Morgan fingerprint density at radius 1 is 1.06 bits per heavy atom. The van der Waals surface area contributed by atoms with Crippen LogP contribution in [0.4, 0.5) is 4.39 Å². The smallest absolute Gasteiger partial charge is 0.334 e. The number of hydrogen-bond donors (Lipinski definition) is 1. The van der Waals surface area contributed by atoms with E-state index in [2.05, 4.69) is 0 Å². The molecule has 2 aromatic carbocycles.